The van der Waals surface area contributed by atoms with Gasteiger partial charge in [-0.15, -0.1) is 0 Å². The molecule has 0 aromatic carbocycles. The first-order chi connectivity index (χ1) is 5.20. The molecule has 74 valence electrons. The van der Waals surface area contributed by atoms with Crippen LogP contribution in [0.5, 0.6) is 0 Å². The molecular formula is C9H22ClN2+. The van der Waals surface area contributed by atoms with E-state index >= 15 is 0 Å². The van der Waals surface area contributed by atoms with E-state index in [2.05, 4.69) is 13.3 Å². The molecule has 0 aliphatic rings. The molecule has 0 aliphatic heterocycles. The van der Waals surface area contributed by atoms with Crippen molar-refractivity contribution in [1.82, 2.24) is 4.90 Å². The minimum absolute atomic E-state index is 0.639. The van der Waals surface area contributed by atoms with Crippen molar-refractivity contribution in [3.8, 4) is 0 Å². The summed E-state index contributed by atoms with van der Waals surface area (Å²) in [6, 6.07) is 0. The number of hydrogen-bond donors (Lipinski definition) is 0. The monoisotopic (exact) mass is 193 g/mol. The second-order valence-electron chi connectivity index (χ2n) is 3.10. The SMILES string of the molecule is C=C(C)Cl.C=[N+](C)C.CN(C)C. The van der Waals surface area contributed by atoms with E-state index in [1.54, 1.807) is 11.5 Å². The first-order valence-electron chi connectivity index (χ1n) is 3.59. The van der Waals surface area contributed by atoms with Gasteiger partial charge in [0, 0.05) is 5.03 Å². The zero-order chi connectivity index (χ0) is 10.7. The Balaban J connectivity index is -0.000000101. The lowest BCUT2D eigenvalue weighted by atomic mass is 10.8. The molecule has 0 atom stereocenters. The summed E-state index contributed by atoms with van der Waals surface area (Å²) in [4.78, 5) is 2.00. The van der Waals surface area contributed by atoms with Gasteiger partial charge in [0.25, 0.3) is 0 Å². The van der Waals surface area contributed by atoms with Crippen LogP contribution in [0.4, 0.5) is 0 Å². The molecule has 0 heterocycles. The molecule has 0 rings (SSSR count). The second kappa shape index (κ2) is 13.3. The molecule has 0 amide bonds. The fourth-order valence-corrected chi connectivity index (χ4v) is 0. The maximum absolute atomic E-state index is 5.08. The highest BCUT2D eigenvalue weighted by molar-refractivity contribution is 6.28. The van der Waals surface area contributed by atoms with Crippen molar-refractivity contribution >= 4 is 18.3 Å². The predicted molar refractivity (Wildman–Crippen MR) is 59.5 cm³/mol. The minimum Gasteiger partial charge on any atom is -0.312 e. The van der Waals surface area contributed by atoms with E-state index < -0.39 is 0 Å². The summed E-state index contributed by atoms with van der Waals surface area (Å²) in [5, 5.41) is 0.639. The molecule has 0 aromatic rings. The van der Waals surface area contributed by atoms with E-state index in [0.29, 0.717) is 5.03 Å². The average Bonchev–Trinajstić information content (AvgIpc) is 1.54. The molecule has 0 spiro atoms. The Kier molecular flexibility index (Phi) is 19.5. The molecule has 2 nitrogen and oxygen atoms in total. The number of nitrogens with zero attached hydrogens (tertiary/aromatic N) is 2. The van der Waals surface area contributed by atoms with Crippen LogP contribution in [0.1, 0.15) is 6.92 Å². The predicted octanol–water partition coefficient (Wildman–Crippen LogP) is 1.90. The molecule has 0 saturated carbocycles. The number of hydrogen-bond acceptors (Lipinski definition) is 1. The molecule has 0 aromatic heterocycles. The van der Waals surface area contributed by atoms with Crippen molar-refractivity contribution in [2.24, 2.45) is 0 Å². The zero-order valence-corrected chi connectivity index (χ0v) is 9.94. The quantitative estimate of drug-likeness (QED) is 0.421. The Morgan fingerprint density at radius 2 is 1.25 bits per heavy atom. The Morgan fingerprint density at radius 3 is 1.25 bits per heavy atom. The van der Waals surface area contributed by atoms with Crippen molar-refractivity contribution in [3.63, 3.8) is 0 Å². The van der Waals surface area contributed by atoms with E-state index in [0.717, 1.165) is 0 Å². The van der Waals surface area contributed by atoms with Crippen LogP contribution < -0.4 is 0 Å². The Bertz CT molecular complexity index is 96.9. The molecule has 0 unspecified atom stereocenters. The summed E-state index contributed by atoms with van der Waals surface area (Å²) >= 11 is 5.08. The van der Waals surface area contributed by atoms with Gasteiger partial charge in [0.2, 0.25) is 0 Å². The van der Waals surface area contributed by atoms with Crippen LogP contribution in [-0.2, 0) is 0 Å². The highest BCUT2D eigenvalue weighted by atomic mass is 35.5. The van der Waals surface area contributed by atoms with Gasteiger partial charge in [-0.05, 0) is 28.1 Å². The molecule has 3 heteroatoms. The molecule has 0 fully saturated rings. The van der Waals surface area contributed by atoms with Crippen LogP contribution in [0.15, 0.2) is 11.6 Å². The third-order valence-electron chi connectivity index (χ3n) is 0. The molecule has 0 N–H and O–H groups in total. The molecule has 0 radical (unpaired) electrons. The molecule has 12 heavy (non-hydrogen) atoms. The maximum atomic E-state index is 5.08. The number of allylic oxidation sites excluding steroid dienone is 1. The first-order valence-corrected chi connectivity index (χ1v) is 3.97. The van der Waals surface area contributed by atoms with Crippen molar-refractivity contribution in [2.75, 3.05) is 35.2 Å². The second-order valence-corrected chi connectivity index (χ2v) is 3.74. The van der Waals surface area contributed by atoms with Gasteiger partial charge in [-0.25, -0.2) is 4.58 Å². The molecular weight excluding hydrogens is 172 g/mol. The van der Waals surface area contributed by atoms with Crippen LogP contribution in [0.3, 0.4) is 0 Å². The van der Waals surface area contributed by atoms with Crippen molar-refractivity contribution < 1.29 is 4.58 Å². The number of rotatable bonds is 0. The van der Waals surface area contributed by atoms with Crippen molar-refractivity contribution in [1.29, 1.82) is 0 Å². The van der Waals surface area contributed by atoms with Gasteiger partial charge < -0.3 is 4.90 Å². The summed E-state index contributed by atoms with van der Waals surface area (Å²) in [6.45, 7) is 8.53. The van der Waals surface area contributed by atoms with E-state index in [-0.39, 0.29) is 0 Å². The molecule has 0 bridgehead atoms. The van der Waals surface area contributed by atoms with Crippen LogP contribution in [0, 0.1) is 0 Å². The van der Waals surface area contributed by atoms with Gasteiger partial charge in [-0.3, -0.25) is 0 Å². The fraction of sp³-hybridized carbons (Fsp3) is 0.667. The highest BCUT2D eigenvalue weighted by Gasteiger charge is 1.58. The summed E-state index contributed by atoms with van der Waals surface area (Å²) in [6.07, 6.45) is 0. The fourth-order valence-electron chi connectivity index (χ4n) is 0. The van der Waals surface area contributed by atoms with Crippen molar-refractivity contribution in [2.45, 2.75) is 6.92 Å². The van der Waals surface area contributed by atoms with Gasteiger partial charge in [-0.2, -0.15) is 0 Å². The third kappa shape index (κ3) is 6270. The Hall–Kier alpha value is -0.340. The van der Waals surface area contributed by atoms with Crippen LogP contribution >= 0.6 is 11.6 Å². The maximum Gasteiger partial charge on any atom is 0.131 e. The molecule has 0 saturated heterocycles. The van der Waals surface area contributed by atoms with Crippen molar-refractivity contribution in [3.05, 3.63) is 11.6 Å². The van der Waals surface area contributed by atoms with E-state index in [1.807, 2.05) is 40.1 Å². The average molecular weight is 194 g/mol. The van der Waals surface area contributed by atoms with Crippen LogP contribution in [-0.4, -0.2) is 51.4 Å². The topological polar surface area (TPSA) is 6.25 Å². The smallest absolute Gasteiger partial charge is 0.131 e. The van der Waals surface area contributed by atoms with E-state index in [4.69, 9.17) is 11.6 Å². The first kappa shape index (κ1) is 17.7. The van der Waals surface area contributed by atoms with Crippen LogP contribution in [0.25, 0.3) is 0 Å². The van der Waals surface area contributed by atoms with E-state index in [1.165, 1.54) is 0 Å². The largest absolute Gasteiger partial charge is 0.312 e. The normalized spacial score (nSPS) is 7.33. The van der Waals surface area contributed by atoms with Gasteiger partial charge in [0.05, 0.1) is 0 Å². The van der Waals surface area contributed by atoms with Gasteiger partial charge in [-0.1, -0.05) is 18.2 Å². The standard InChI is InChI=1S/C3H5Cl.C3H9N.C3H8N/c1-3(2)4;2*1-4(2)3/h1H2,2H3;1-3H3;1H2,2-3H3/q;;+1. The lowest BCUT2D eigenvalue weighted by molar-refractivity contribution is -0.454. The van der Waals surface area contributed by atoms with Gasteiger partial charge in [0.15, 0.2) is 0 Å². The number of halogens is 1. The zero-order valence-electron chi connectivity index (χ0n) is 9.19. The summed E-state index contributed by atoms with van der Waals surface area (Å²) < 4.78 is 1.75. The molecule has 0 aliphatic carbocycles. The summed E-state index contributed by atoms with van der Waals surface area (Å²) in [5.41, 5.74) is 0. The van der Waals surface area contributed by atoms with Crippen LogP contribution in [0.2, 0.25) is 0 Å². The van der Waals surface area contributed by atoms with E-state index in [9.17, 15) is 0 Å². The lowest BCUT2D eigenvalue weighted by Crippen LogP contribution is -1.99. The summed E-state index contributed by atoms with van der Waals surface area (Å²) in [7, 11) is 9.78. The minimum atomic E-state index is 0.639. The van der Waals surface area contributed by atoms with Gasteiger partial charge in [0.1, 0.15) is 20.8 Å². The highest BCUT2D eigenvalue weighted by Crippen LogP contribution is 1.87. The summed E-state index contributed by atoms with van der Waals surface area (Å²) in [5.74, 6) is 0. The third-order valence-corrected chi connectivity index (χ3v) is 0. The Morgan fingerprint density at radius 1 is 1.25 bits per heavy atom. The van der Waals surface area contributed by atoms with Gasteiger partial charge >= 0.3 is 0 Å². The lowest BCUT2D eigenvalue weighted by Gasteiger charge is -1.90. The Labute approximate surface area is 82.1 Å².